The minimum absolute atomic E-state index is 0.0368. The molecule has 1 aromatic heterocycles. The monoisotopic (exact) mass is 388 g/mol. The molecule has 0 saturated carbocycles. The van der Waals surface area contributed by atoms with Crippen molar-refractivity contribution in [2.75, 3.05) is 0 Å². The Balaban J connectivity index is 1.52. The number of ether oxygens (including phenoxy) is 1. The van der Waals surface area contributed by atoms with Crippen LogP contribution in [0, 0.1) is 0 Å². The van der Waals surface area contributed by atoms with Gasteiger partial charge in [0.15, 0.2) is 5.82 Å². The number of hydrogen-bond acceptors (Lipinski definition) is 7. The van der Waals surface area contributed by atoms with E-state index >= 15 is 0 Å². The van der Waals surface area contributed by atoms with E-state index in [4.69, 9.17) is 9.57 Å². The first-order chi connectivity index (χ1) is 13.2. The Bertz CT molecular complexity index is 832. The number of nitrogens with zero attached hydrogens (tertiary/aromatic N) is 5. The molecular formula is C18H24N6O4. The standard InChI is InChI=1S/C18H24N6O4/c1-12-15(19-17(26)28-18(2,3)4)16(25)24(12)27-11-14-20-21-22-23(14)10-13-8-6-5-7-9-13/h5-9,12,15H,10-11H2,1-4H3,(H,19,26)/t12-,15-/m0/s1. The van der Waals surface area contributed by atoms with Crippen LogP contribution in [0.1, 0.15) is 39.1 Å². The van der Waals surface area contributed by atoms with Crippen LogP contribution < -0.4 is 5.32 Å². The van der Waals surface area contributed by atoms with Gasteiger partial charge in [-0.1, -0.05) is 30.3 Å². The normalized spacial score (nSPS) is 19.3. The topological polar surface area (TPSA) is 111 Å². The fourth-order valence-electron chi connectivity index (χ4n) is 2.73. The molecule has 0 bridgehead atoms. The molecule has 0 aliphatic carbocycles. The number of amides is 2. The lowest BCUT2D eigenvalue weighted by atomic mass is 10.0. The van der Waals surface area contributed by atoms with E-state index in [9.17, 15) is 9.59 Å². The molecule has 150 valence electrons. The molecule has 2 aromatic rings. The summed E-state index contributed by atoms with van der Waals surface area (Å²) < 4.78 is 6.79. The van der Waals surface area contributed by atoms with Gasteiger partial charge in [0.05, 0.1) is 12.6 Å². The van der Waals surface area contributed by atoms with Gasteiger partial charge in [0.1, 0.15) is 18.2 Å². The highest BCUT2D eigenvalue weighted by Crippen LogP contribution is 2.21. The molecular weight excluding hydrogens is 364 g/mol. The predicted octanol–water partition coefficient (Wildman–Crippen LogP) is 1.28. The highest BCUT2D eigenvalue weighted by Gasteiger charge is 2.47. The van der Waals surface area contributed by atoms with Gasteiger partial charge < -0.3 is 10.1 Å². The molecule has 1 saturated heterocycles. The molecule has 1 fully saturated rings. The number of hydrogen-bond donors (Lipinski definition) is 1. The van der Waals surface area contributed by atoms with Crippen LogP contribution in [0.4, 0.5) is 4.79 Å². The Hall–Kier alpha value is -3.01. The molecule has 0 radical (unpaired) electrons. The second kappa shape index (κ2) is 7.93. The first kappa shape index (κ1) is 19.7. The van der Waals surface area contributed by atoms with E-state index in [2.05, 4.69) is 20.8 Å². The molecule has 0 unspecified atom stereocenters. The van der Waals surface area contributed by atoms with E-state index in [-0.39, 0.29) is 18.6 Å². The molecule has 1 N–H and O–H groups in total. The quantitative estimate of drug-likeness (QED) is 0.742. The third-order valence-corrected chi connectivity index (χ3v) is 4.12. The van der Waals surface area contributed by atoms with Crippen LogP contribution in [0.25, 0.3) is 0 Å². The molecule has 2 amide bonds. The molecule has 2 heterocycles. The number of tetrazole rings is 1. The van der Waals surface area contributed by atoms with Gasteiger partial charge in [-0.05, 0) is 43.7 Å². The SMILES string of the molecule is C[C@H]1[C@H](NC(=O)OC(C)(C)C)C(=O)N1OCc1nnnn1Cc1ccccc1. The van der Waals surface area contributed by atoms with Crippen molar-refractivity contribution >= 4 is 12.0 Å². The number of nitrogens with one attached hydrogen (secondary N) is 1. The number of rotatable bonds is 6. The molecule has 10 nitrogen and oxygen atoms in total. The molecule has 10 heteroatoms. The maximum atomic E-state index is 12.3. The third-order valence-electron chi connectivity index (χ3n) is 4.12. The van der Waals surface area contributed by atoms with E-state index in [0.717, 1.165) is 5.56 Å². The number of carbonyl (C=O) groups excluding carboxylic acids is 2. The van der Waals surface area contributed by atoms with Crippen molar-refractivity contribution in [1.82, 2.24) is 30.6 Å². The van der Waals surface area contributed by atoms with E-state index < -0.39 is 17.7 Å². The summed E-state index contributed by atoms with van der Waals surface area (Å²) in [7, 11) is 0. The Kier molecular flexibility index (Phi) is 5.59. The van der Waals surface area contributed by atoms with Crippen LogP contribution in [-0.4, -0.2) is 55.0 Å². The first-order valence-corrected chi connectivity index (χ1v) is 8.99. The van der Waals surface area contributed by atoms with Crippen LogP contribution in [0.5, 0.6) is 0 Å². The molecule has 3 rings (SSSR count). The zero-order valence-electron chi connectivity index (χ0n) is 16.3. The second-order valence-electron chi connectivity index (χ2n) is 7.54. The lowest BCUT2D eigenvalue weighted by Gasteiger charge is -2.43. The van der Waals surface area contributed by atoms with Gasteiger partial charge in [-0.2, -0.15) is 0 Å². The predicted molar refractivity (Wildman–Crippen MR) is 97.6 cm³/mol. The van der Waals surface area contributed by atoms with Crippen LogP contribution in [0.15, 0.2) is 30.3 Å². The summed E-state index contributed by atoms with van der Waals surface area (Å²) in [5.41, 5.74) is 0.414. The maximum Gasteiger partial charge on any atom is 0.408 e. The van der Waals surface area contributed by atoms with E-state index in [1.807, 2.05) is 30.3 Å². The van der Waals surface area contributed by atoms with Gasteiger partial charge in [-0.3, -0.25) is 9.63 Å². The summed E-state index contributed by atoms with van der Waals surface area (Å²) in [5.74, 6) is 0.146. The number of β-lactam (4-membered cyclic amide) rings is 1. The Morgan fingerprint density at radius 2 is 1.96 bits per heavy atom. The summed E-state index contributed by atoms with van der Waals surface area (Å²) in [6.07, 6.45) is -0.635. The fraction of sp³-hybridized carbons (Fsp3) is 0.500. The lowest BCUT2D eigenvalue weighted by Crippen LogP contribution is -2.69. The van der Waals surface area contributed by atoms with E-state index in [1.165, 1.54) is 5.06 Å². The van der Waals surface area contributed by atoms with Gasteiger partial charge in [-0.15, -0.1) is 5.10 Å². The number of carbonyl (C=O) groups is 2. The number of alkyl carbamates (subject to hydrolysis) is 1. The lowest BCUT2D eigenvalue weighted by molar-refractivity contribution is -0.238. The summed E-state index contributed by atoms with van der Waals surface area (Å²) in [4.78, 5) is 29.7. The van der Waals surface area contributed by atoms with Gasteiger partial charge in [0.2, 0.25) is 0 Å². The van der Waals surface area contributed by atoms with E-state index in [1.54, 1.807) is 32.4 Å². The Labute approximate surface area is 162 Å². The van der Waals surface area contributed by atoms with Gasteiger partial charge >= 0.3 is 6.09 Å². The molecule has 1 aliphatic heterocycles. The van der Waals surface area contributed by atoms with Crippen LogP contribution in [-0.2, 0) is 27.5 Å². The highest BCUT2D eigenvalue weighted by atomic mass is 16.7. The first-order valence-electron chi connectivity index (χ1n) is 8.99. The summed E-state index contributed by atoms with van der Waals surface area (Å²) in [6, 6.07) is 8.74. The van der Waals surface area contributed by atoms with Gasteiger partial charge in [0, 0.05) is 0 Å². The average molecular weight is 388 g/mol. The number of aromatic nitrogens is 4. The minimum atomic E-state index is -0.685. The molecule has 2 atom stereocenters. The Morgan fingerprint density at radius 3 is 2.61 bits per heavy atom. The summed E-state index contributed by atoms with van der Waals surface area (Å²) >= 11 is 0. The second-order valence-corrected chi connectivity index (χ2v) is 7.54. The smallest absolute Gasteiger partial charge is 0.408 e. The average Bonchev–Trinajstić information content (AvgIpc) is 3.06. The van der Waals surface area contributed by atoms with Crippen molar-refractivity contribution in [2.45, 2.75) is 58.5 Å². The van der Waals surface area contributed by atoms with Crippen LogP contribution in [0.3, 0.4) is 0 Å². The van der Waals surface area contributed by atoms with Crippen LogP contribution >= 0.6 is 0 Å². The van der Waals surface area contributed by atoms with Crippen LogP contribution in [0.2, 0.25) is 0 Å². The van der Waals surface area contributed by atoms with Crippen molar-refractivity contribution in [3.8, 4) is 0 Å². The van der Waals surface area contributed by atoms with Gasteiger partial charge in [0.25, 0.3) is 5.91 Å². The van der Waals surface area contributed by atoms with Crippen molar-refractivity contribution in [3.05, 3.63) is 41.7 Å². The van der Waals surface area contributed by atoms with Crippen molar-refractivity contribution in [2.24, 2.45) is 0 Å². The highest BCUT2D eigenvalue weighted by molar-refractivity contribution is 5.91. The zero-order valence-corrected chi connectivity index (χ0v) is 16.3. The van der Waals surface area contributed by atoms with Crippen molar-refractivity contribution in [3.63, 3.8) is 0 Å². The number of benzene rings is 1. The van der Waals surface area contributed by atoms with Gasteiger partial charge in [-0.25, -0.2) is 14.5 Å². The number of hydroxylamine groups is 2. The summed E-state index contributed by atoms with van der Waals surface area (Å²) in [6.45, 7) is 7.58. The minimum Gasteiger partial charge on any atom is -0.444 e. The molecule has 0 spiro atoms. The summed E-state index contributed by atoms with van der Waals surface area (Å²) in [5, 5.41) is 15.4. The fourth-order valence-corrected chi connectivity index (χ4v) is 2.73. The molecule has 1 aliphatic rings. The van der Waals surface area contributed by atoms with E-state index in [0.29, 0.717) is 12.4 Å². The zero-order chi connectivity index (χ0) is 20.3. The van der Waals surface area contributed by atoms with Crippen molar-refractivity contribution < 1.29 is 19.2 Å². The molecule has 1 aromatic carbocycles. The van der Waals surface area contributed by atoms with Crippen molar-refractivity contribution in [1.29, 1.82) is 0 Å². The largest absolute Gasteiger partial charge is 0.444 e. The molecule has 28 heavy (non-hydrogen) atoms. The maximum absolute atomic E-state index is 12.3. The third kappa shape index (κ3) is 4.63. The Morgan fingerprint density at radius 1 is 1.25 bits per heavy atom.